The average Bonchev–Trinajstić information content (AvgIpc) is 2.34. The molecule has 0 atom stereocenters. The summed E-state index contributed by atoms with van der Waals surface area (Å²) in [7, 11) is -3.54. The van der Waals surface area contributed by atoms with E-state index in [-0.39, 0.29) is 30.4 Å². The second-order valence-corrected chi connectivity index (χ2v) is 6.76. The van der Waals surface area contributed by atoms with Crippen LogP contribution in [0.25, 0.3) is 0 Å². The van der Waals surface area contributed by atoms with Gasteiger partial charge in [-0.25, -0.2) is 13.2 Å². The molecule has 0 spiro atoms. The van der Waals surface area contributed by atoms with Crippen LogP contribution in [0.4, 0.5) is 5.69 Å². The minimum absolute atomic E-state index is 0.0340. The Bertz CT molecular complexity index is 551. The number of carboxylic acid groups (broad SMARTS) is 1. The van der Waals surface area contributed by atoms with E-state index in [2.05, 4.69) is 0 Å². The lowest BCUT2D eigenvalue weighted by atomic mass is 10.2. The van der Waals surface area contributed by atoms with E-state index in [1.165, 1.54) is 24.3 Å². The third kappa shape index (κ3) is 4.21. The third-order valence-electron chi connectivity index (χ3n) is 2.59. The number of aliphatic hydroxyl groups is 1. The van der Waals surface area contributed by atoms with Crippen LogP contribution in [-0.4, -0.2) is 43.5 Å². The summed E-state index contributed by atoms with van der Waals surface area (Å²) in [5.41, 5.74) is 0.434. The summed E-state index contributed by atoms with van der Waals surface area (Å²) in [6.07, 6.45) is 0. The van der Waals surface area contributed by atoms with Crippen molar-refractivity contribution in [2.24, 2.45) is 5.92 Å². The molecule has 1 aromatic carbocycles. The number of anilines is 1. The zero-order valence-corrected chi connectivity index (χ0v) is 12.3. The SMILES string of the molecule is CC(C)CS(=O)(=O)N(CCO)c1ccc(C(=O)O)cc1. The molecule has 0 saturated heterocycles. The lowest BCUT2D eigenvalue weighted by molar-refractivity contribution is 0.0697. The van der Waals surface area contributed by atoms with Crippen LogP contribution in [0, 0.1) is 5.92 Å². The molecular weight excluding hydrogens is 282 g/mol. The van der Waals surface area contributed by atoms with Gasteiger partial charge in [0.2, 0.25) is 10.0 Å². The van der Waals surface area contributed by atoms with Gasteiger partial charge in [0, 0.05) is 0 Å². The summed E-state index contributed by atoms with van der Waals surface area (Å²) in [4.78, 5) is 10.8. The molecular formula is C13H19NO5S. The van der Waals surface area contributed by atoms with E-state index in [0.717, 1.165) is 4.31 Å². The van der Waals surface area contributed by atoms with Crippen LogP contribution in [-0.2, 0) is 10.0 Å². The molecule has 2 N–H and O–H groups in total. The van der Waals surface area contributed by atoms with E-state index in [9.17, 15) is 13.2 Å². The summed E-state index contributed by atoms with van der Waals surface area (Å²) in [5.74, 6) is -1.15. The zero-order chi connectivity index (χ0) is 15.3. The lowest BCUT2D eigenvalue weighted by Gasteiger charge is -2.24. The Morgan fingerprint density at radius 3 is 2.20 bits per heavy atom. The maximum Gasteiger partial charge on any atom is 0.335 e. The highest BCUT2D eigenvalue weighted by Gasteiger charge is 2.23. The molecule has 0 unspecified atom stereocenters. The number of nitrogens with zero attached hydrogens (tertiary/aromatic N) is 1. The predicted octanol–water partition coefficient (Wildman–Crippen LogP) is 1.17. The van der Waals surface area contributed by atoms with Crippen LogP contribution >= 0.6 is 0 Å². The molecule has 6 nitrogen and oxygen atoms in total. The average molecular weight is 301 g/mol. The molecule has 112 valence electrons. The molecule has 0 aromatic heterocycles. The molecule has 0 aliphatic rings. The summed E-state index contributed by atoms with van der Waals surface area (Å²) in [5, 5.41) is 17.9. The van der Waals surface area contributed by atoms with E-state index in [0.29, 0.717) is 5.69 Å². The first kappa shape index (κ1) is 16.5. The first-order valence-electron chi connectivity index (χ1n) is 6.22. The maximum atomic E-state index is 12.2. The number of hydrogen-bond acceptors (Lipinski definition) is 4. The number of hydrogen-bond donors (Lipinski definition) is 2. The first-order valence-corrected chi connectivity index (χ1v) is 7.83. The van der Waals surface area contributed by atoms with E-state index >= 15 is 0 Å². The van der Waals surface area contributed by atoms with E-state index in [4.69, 9.17) is 10.2 Å². The number of aliphatic hydroxyl groups excluding tert-OH is 1. The van der Waals surface area contributed by atoms with Gasteiger partial charge in [0.25, 0.3) is 0 Å². The van der Waals surface area contributed by atoms with Crippen LogP contribution in [0.15, 0.2) is 24.3 Å². The lowest BCUT2D eigenvalue weighted by Crippen LogP contribution is -2.36. The molecule has 20 heavy (non-hydrogen) atoms. The minimum atomic E-state index is -3.54. The normalized spacial score (nSPS) is 11.6. The Labute approximate surface area is 118 Å². The van der Waals surface area contributed by atoms with Crippen molar-refractivity contribution in [3.05, 3.63) is 29.8 Å². The number of carbonyl (C=O) groups is 1. The second-order valence-electron chi connectivity index (χ2n) is 4.82. The van der Waals surface area contributed by atoms with Gasteiger partial charge in [-0.1, -0.05) is 13.8 Å². The van der Waals surface area contributed by atoms with Crippen LogP contribution in [0.3, 0.4) is 0 Å². The molecule has 0 saturated carbocycles. The molecule has 0 heterocycles. The Morgan fingerprint density at radius 2 is 1.80 bits per heavy atom. The quantitative estimate of drug-likeness (QED) is 0.788. The van der Waals surface area contributed by atoms with Crippen LogP contribution < -0.4 is 4.31 Å². The van der Waals surface area contributed by atoms with Crippen LogP contribution in [0.5, 0.6) is 0 Å². The topological polar surface area (TPSA) is 94.9 Å². The van der Waals surface area contributed by atoms with Gasteiger partial charge in [0.15, 0.2) is 0 Å². The number of benzene rings is 1. The minimum Gasteiger partial charge on any atom is -0.478 e. The van der Waals surface area contributed by atoms with Gasteiger partial charge >= 0.3 is 5.97 Å². The monoisotopic (exact) mass is 301 g/mol. The maximum absolute atomic E-state index is 12.2. The van der Waals surface area contributed by atoms with Crippen molar-refractivity contribution in [2.75, 3.05) is 23.2 Å². The Hall–Kier alpha value is -1.60. The number of sulfonamides is 1. The number of rotatable bonds is 7. The number of carboxylic acids is 1. The standard InChI is InChI=1S/C13H19NO5S/c1-10(2)9-20(18,19)14(7-8-15)12-5-3-11(4-6-12)13(16)17/h3-6,10,15H,7-9H2,1-2H3,(H,16,17). The summed E-state index contributed by atoms with van der Waals surface area (Å²) < 4.78 is 25.6. The molecule has 0 aliphatic heterocycles. The second kappa shape index (κ2) is 6.71. The highest BCUT2D eigenvalue weighted by atomic mass is 32.2. The third-order valence-corrected chi connectivity index (χ3v) is 4.74. The Kier molecular flexibility index (Phi) is 5.52. The molecule has 0 fully saturated rings. The van der Waals surface area contributed by atoms with Gasteiger partial charge < -0.3 is 10.2 Å². The number of aromatic carboxylic acids is 1. The van der Waals surface area contributed by atoms with E-state index in [1.807, 2.05) is 0 Å². The molecule has 7 heteroatoms. The molecule has 0 bridgehead atoms. The van der Waals surface area contributed by atoms with Crippen molar-refractivity contribution in [1.29, 1.82) is 0 Å². The molecule has 0 aliphatic carbocycles. The largest absolute Gasteiger partial charge is 0.478 e. The van der Waals surface area contributed by atoms with Crippen molar-refractivity contribution in [1.82, 2.24) is 0 Å². The summed E-state index contributed by atoms with van der Waals surface area (Å²) in [6, 6.07) is 5.54. The Balaban J connectivity index is 3.10. The summed E-state index contributed by atoms with van der Waals surface area (Å²) >= 11 is 0. The van der Waals surface area contributed by atoms with Crippen molar-refractivity contribution in [3.63, 3.8) is 0 Å². The fourth-order valence-electron chi connectivity index (χ4n) is 1.80. The highest BCUT2D eigenvalue weighted by Crippen LogP contribution is 2.20. The fraction of sp³-hybridized carbons (Fsp3) is 0.462. The van der Waals surface area contributed by atoms with Gasteiger partial charge in [-0.05, 0) is 30.2 Å². The van der Waals surface area contributed by atoms with Crippen molar-refractivity contribution in [3.8, 4) is 0 Å². The van der Waals surface area contributed by atoms with Crippen LogP contribution in [0.1, 0.15) is 24.2 Å². The van der Waals surface area contributed by atoms with Gasteiger partial charge in [-0.3, -0.25) is 4.31 Å². The predicted molar refractivity (Wildman–Crippen MR) is 76.5 cm³/mol. The summed E-state index contributed by atoms with van der Waals surface area (Å²) in [6.45, 7) is 3.23. The van der Waals surface area contributed by atoms with Crippen molar-refractivity contribution < 1.29 is 23.4 Å². The first-order chi connectivity index (χ1) is 9.27. The molecule has 1 rings (SSSR count). The highest BCUT2D eigenvalue weighted by molar-refractivity contribution is 7.92. The van der Waals surface area contributed by atoms with Crippen molar-refractivity contribution in [2.45, 2.75) is 13.8 Å². The van der Waals surface area contributed by atoms with Gasteiger partial charge in [0.05, 0.1) is 30.2 Å². The Morgan fingerprint density at radius 1 is 1.25 bits per heavy atom. The van der Waals surface area contributed by atoms with Gasteiger partial charge in [-0.15, -0.1) is 0 Å². The molecule has 0 amide bonds. The van der Waals surface area contributed by atoms with E-state index in [1.54, 1.807) is 13.8 Å². The van der Waals surface area contributed by atoms with Gasteiger partial charge in [-0.2, -0.15) is 0 Å². The van der Waals surface area contributed by atoms with Gasteiger partial charge in [0.1, 0.15) is 0 Å². The van der Waals surface area contributed by atoms with Crippen LogP contribution in [0.2, 0.25) is 0 Å². The zero-order valence-electron chi connectivity index (χ0n) is 11.5. The molecule has 0 radical (unpaired) electrons. The van der Waals surface area contributed by atoms with E-state index < -0.39 is 16.0 Å². The van der Waals surface area contributed by atoms with Crippen molar-refractivity contribution >= 4 is 21.7 Å². The fourth-order valence-corrected chi connectivity index (χ4v) is 3.63. The smallest absolute Gasteiger partial charge is 0.335 e. The molecule has 1 aromatic rings.